The van der Waals surface area contributed by atoms with Gasteiger partial charge in [-0.25, -0.2) is 0 Å². The molecular formula is C14H9NO3. The van der Waals surface area contributed by atoms with E-state index in [2.05, 4.69) is 4.98 Å². The van der Waals surface area contributed by atoms with Crippen LogP contribution in [0.5, 0.6) is 17.2 Å². The molecule has 2 heterocycles. The summed E-state index contributed by atoms with van der Waals surface area (Å²) in [5.41, 5.74) is 0.765. The second-order valence-corrected chi connectivity index (χ2v) is 4.19. The molecule has 4 rings (SSSR count). The highest BCUT2D eigenvalue weighted by molar-refractivity contribution is 6.07. The van der Waals surface area contributed by atoms with Gasteiger partial charge in [0.1, 0.15) is 5.75 Å². The van der Waals surface area contributed by atoms with Crippen molar-refractivity contribution in [2.24, 2.45) is 0 Å². The Bertz CT molecular complexity index is 783. The van der Waals surface area contributed by atoms with E-state index in [9.17, 15) is 5.11 Å². The summed E-state index contributed by atoms with van der Waals surface area (Å²) in [5, 5.41) is 12.7. The summed E-state index contributed by atoms with van der Waals surface area (Å²) in [5.74, 6) is 1.47. The highest BCUT2D eigenvalue weighted by atomic mass is 16.7. The smallest absolute Gasteiger partial charge is 0.231 e. The van der Waals surface area contributed by atoms with Crippen LogP contribution in [-0.2, 0) is 0 Å². The molecule has 18 heavy (non-hydrogen) atoms. The van der Waals surface area contributed by atoms with Crippen molar-refractivity contribution < 1.29 is 14.6 Å². The van der Waals surface area contributed by atoms with Gasteiger partial charge in [-0.05, 0) is 29.7 Å². The summed E-state index contributed by atoms with van der Waals surface area (Å²) in [6.45, 7) is 0.193. The van der Waals surface area contributed by atoms with Crippen molar-refractivity contribution in [3.63, 3.8) is 0 Å². The summed E-state index contributed by atoms with van der Waals surface area (Å²) < 4.78 is 10.8. The van der Waals surface area contributed by atoms with Crippen LogP contribution in [0.4, 0.5) is 0 Å². The Morgan fingerprint density at radius 3 is 3.06 bits per heavy atom. The standard InChI is InChI=1S/C14H9NO3/c16-13-9-2-1-5-15-10(9)6-8-3-4-11-14(12(8)13)18-7-17-11/h1-6,16H,7H2. The molecule has 0 aliphatic carbocycles. The molecule has 0 atom stereocenters. The van der Waals surface area contributed by atoms with E-state index in [0.717, 1.165) is 10.9 Å². The molecule has 1 aliphatic heterocycles. The van der Waals surface area contributed by atoms with Crippen molar-refractivity contribution in [1.29, 1.82) is 0 Å². The third-order valence-corrected chi connectivity index (χ3v) is 3.19. The normalized spacial score (nSPS) is 13.3. The average Bonchev–Trinajstić information content (AvgIpc) is 2.87. The molecular weight excluding hydrogens is 230 g/mol. The van der Waals surface area contributed by atoms with Gasteiger partial charge in [0.25, 0.3) is 0 Å². The fraction of sp³-hybridized carbons (Fsp3) is 0.0714. The van der Waals surface area contributed by atoms with E-state index in [1.54, 1.807) is 12.3 Å². The molecule has 88 valence electrons. The molecule has 0 radical (unpaired) electrons. The molecule has 0 unspecified atom stereocenters. The lowest BCUT2D eigenvalue weighted by atomic mass is 10.0. The number of hydrogen-bond acceptors (Lipinski definition) is 4. The van der Waals surface area contributed by atoms with E-state index in [1.807, 2.05) is 24.3 Å². The Hall–Kier alpha value is -2.49. The monoisotopic (exact) mass is 239 g/mol. The van der Waals surface area contributed by atoms with Crippen molar-refractivity contribution in [2.45, 2.75) is 0 Å². The minimum Gasteiger partial charge on any atom is -0.506 e. The molecule has 0 fully saturated rings. The molecule has 0 saturated heterocycles. The van der Waals surface area contributed by atoms with E-state index in [1.165, 1.54) is 0 Å². The predicted octanol–water partition coefficient (Wildman–Crippen LogP) is 2.82. The van der Waals surface area contributed by atoms with Crippen LogP contribution in [0.1, 0.15) is 0 Å². The Kier molecular flexibility index (Phi) is 1.73. The van der Waals surface area contributed by atoms with Crippen LogP contribution in [0, 0.1) is 0 Å². The molecule has 0 amide bonds. The number of aromatic hydroxyl groups is 1. The van der Waals surface area contributed by atoms with Crippen molar-refractivity contribution in [3.05, 3.63) is 36.5 Å². The summed E-state index contributed by atoms with van der Waals surface area (Å²) in [4.78, 5) is 4.25. The van der Waals surface area contributed by atoms with Crippen molar-refractivity contribution in [2.75, 3.05) is 6.79 Å². The Balaban J connectivity index is 2.24. The van der Waals surface area contributed by atoms with Crippen LogP contribution in [0.25, 0.3) is 21.7 Å². The molecule has 4 nitrogen and oxygen atoms in total. The van der Waals surface area contributed by atoms with Crippen LogP contribution in [0.3, 0.4) is 0 Å². The molecule has 4 heteroatoms. The summed E-state index contributed by atoms with van der Waals surface area (Å²) >= 11 is 0. The first-order chi connectivity index (χ1) is 8.84. The molecule has 0 spiro atoms. The van der Waals surface area contributed by atoms with Crippen molar-refractivity contribution in [1.82, 2.24) is 4.98 Å². The zero-order valence-electron chi connectivity index (χ0n) is 9.38. The quantitative estimate of drug-likeness (QED) is 0.613. The van der Waals surface area contributed by atoms with Gasteiger partial charge in [0.2, 0.25) is 6.79 Å². The maximum absolute atomic E-state index is 10.4. The minimum atomic E-state index is 0.193. The first kappa shape index (κ1) is 9.53. The lowest BCUT2D eigenvalue weighted by molar-refractivity contribution is 0.174. The fourth-order valence-electron chi connectivity index (χ4n) is 2.37. The van der Waals surface area contributed by atoms with Gasteiger partial charge in [-0.1, -0.05) is 6.07 Å². The van der Waals surface area contributed by atoms with Gasteiger partial charge in [-0.2, -0.15) is 0 Å². The zero-order chi connectivity index (χ0) is 12.1. The zero-order valence-corrected chi connectivity index (χ0v) is 9.38. The van der Waals surface area contributed by atoms with Gasteiger partial charge in [-0.15, -0.1) is 0 Å². The van der Waals surface area contributed by atoms with E-state index in [-0.39, 0.29) is 12.5 Å². The van der Waals surface area contributed by atoms with E-state index in [4.69, 9.17) is 9.47 Å². The fourth-order valence-corrected chi connectivity index (χ4v) is 2.37. The summed E-state index contributed by atoms with van der Waals surface area (Å²) in [6.07, 6.45) is 1.71. The number of phenols is 1. The maximum Gasteiger partial charge on any atom is 0.231 e. The van der Waals surface area contributed by atoms with Crippen molar-refractivity contribution in [3.8, 4) is 17.2 Å². The Morgan fingerprint density at radius 1 is 1.17 bits per heavy atom. The van der Waals surface area contributed by atoms with Crippen LogP contribution in [-0.4, -0.2) is 16.9 Å². The number of ether oxygens (including phenoxy) is 2. The lowest BCUT2D eigenvalue weighted by Gasteiger charge is -2.07. The van der Waals surface area contributed by atoms with E-state index >= 15 is 0 Å². The number of hydrogen-bond donors (Lipinski definition) is 1. The summed E-state index contributed by atoms with van der Waals surface area (Å²) in [6, 6.07) is 9.32. The lowest BCUT2D eigenvalue weighted by Crippen LogP contribution is -1.93. The third-order valence-electron chi connectivity index (χ3n) is 3.19. The first-order valence-corrected chi connectivity index (χ1v) is 5.63. The number of fused-ring (bicyclic) bond motifs is 4. The topological polar surface area (TPSA) is 51.6 Å². The largest absolute Gasteiger partial charge is 0.506 e. The molecule has 1 aromatic heterocycles. The van der Waals surface area contributed by atoms with Gasteiger partial charge in [0.15, 0.2) is 11.5 Å². The summed E-state index contributed by atoms with van der Waals surface area (Å²) in [7, 11) is 0. The van der Waals surface area contributed by atoms with Crippen LogP contribution < -0.4 is 9.47 Å². The van der Waals surface area contributed by atoms with Crippen LogP contribution in [0.2, 0.25) is 0 Å². The number of phenolic OH excluding ortho intramolecular Hbond substituents is 1. The van der Waals surface area contributed by atoms with Gasteiger partial charge < -0.3 is 14.6 Å². The molecule has 1 N–H and O–H groups in total. The first-order valence-electron chi connectivity index (χ1n) is 5.63. The van der Waals surface area contributed by atoms with Gasteiger partial charge >= 0.3 is 0 Å². The second kappa shape index (κ2) is 3.26. The van der Waals surface area contributed by atoms with Crippen molar-refractivity contribution >= 4 is 21.7 Å². The van der Waals surface area contributed by atoms with Crippen LogP contribution >= 0.6 is 0 Å². The van der Waals surface area contributed by atoms with Gasteiger partial charge in [0, 0.05) is 11.6 Å². The van der Waals surface area contributed by atoms with E-state index < -0.39 is 0 Å². The molecule has 0 saturated carbocycles. The molecule has 3 aromatic rings. The Morgan fingerprint density at radius 2 is 2.11 bits per heavy atom. The Labute approximate surface area is 102 Å². The van der Waals surface area contributed by atoms with Gasteiger partial charge in [-0.3, -0.25) is 4.98 Å². The average molecular weight is 239 g/mol. The van der Waals surface area contributed by atoms with Gasteiger partial charge in [0.05, 0.1) is 10.9 Å². The minimum absolute atomic E-state index is 0.193. The highest BCUT2D eigenvalue weighted by Crippen LogP contribution is 2.45. The highest BCUT2D eigenvalue weighted by Gasteiger charge is 2.20. The second-order valence-electron chi connectivity index (χ2n) is 4.19. The number of rotatable bonds is 0. The molecule has 2 aromatic carbocycles. The molecule has 1 aliphatic rings. The third kappa shape index (κ3) is 1.12. The maximum atomic E-state index is 10.4. The number of benzene rings is 2. The number of nitrogens with zero attached hydrogens (tertiary/aromatic N) is 1. The SMILES string of the molecule is Oc1c2cccnc2cc2ccc3c(c12)OCO3. The van der Waals surface area contributed by atoms with Crippen LogP contribution in [0.15, 0.2) is 36.5 Å². The van der Waals surface area contributed by atoms with E-state index in [0.29, 0.717) is 22.3 Å². The molecule has 0 bridgehead atoms. The number of aromatic nitrogens is 1. The predicted molar refractivity (Wildman–Crippen MR) is 67.0 cm³/mol. The number of pyridine rings is 1.